The van der Waals surface area contributed by atoms with Crippen molar-refractivity contribution < 1.29 is 4.74 Å². The van der Waals surface area contributed by atoms with E-state index in [2.05, 4.69) is 25.8 Å². The topological polar surface area (TPSA) is 72.0 Å². The summed E-state index contributed by atoms with van der Waals surface area (Å²) in [6.45, 7) is 0.558. The Bertz CT molecular complexity index is 858. The number of ether oxygens (including phenoxy) is 1. The van der Waals surface area contributed by atoms with Crippen molar-refractivity contribution in [2.45, 2.75) is 6.54 Å². The second-order valence-electron chi connectivity index (χ2n) is 5.11. The molecule has 0 aliphatic carbocycles. The molecule has 0 saturated heterocycles. The molecule has 0 fully saturated rings. The molecule has 8 heteroatoms. The highest BCUT2D eigenvalue weighted by Crippen LogP contribution is 2.29. The van der Waals surface area contributed by atoms with Crippen LogP contribution in [-0.2, 0) is 6.54 Å². The summed E-state index contributed by atoms with van der Waals surface area (Å²) < 4.78 is 5.31. The Morgan fingerprint density at radius 1 is 1.04 bits per heavy atom. The van der Waals surface area contributed by atoms with Gasteiger partial charge in [-0.15, -0.1) is 5.10 Å². The number of halogens is 2. The molecule has 1 aromatic heterocycles. The van der Waals surface area contributed by atoms with Gasteiger partial charge >= 0.3 is 0 Å². The van der Waals surface area contributed by atoms with Crippen LogP contribution in [0.15, 0.2) is 48.7 Å². The third-order valence-corrected chi connectivity index (χ3v) is 3.83. The maximum Gasteiger partial charge on any atom is 0.244 e. The Balaban J connectivity index is 1.71. The largest absolute Gasteiger partial charge is 0.495 e. The maximum atomic E-state index is 6.03. The lowest BCUT2D eigenvalue weighted by Gasteiger charge is -2.11. The molecule has 0 bridgehead atoms. The lowest BCUT2D eigenvalue weighted by molar-refractivity contribution is 0.417. The first-order valence-electron chi connectivity index (χ1n) is 7.42. The first-order chi connectivity index (χ1) is 12.1. The van der Waals surface area contributed by atoms with Crippen LogP contribution < -0.4 is 15.4 Å². The van der Waals surface area contributed by atoms with Gasteiger partial charge in [-0.3, -0.25) is 0 Å². The van der Waals surface area contributed by atoms with Crippen LogP contribution in [0.2, 0.25) is 10.0 Å². The molecular formula is C17H15Cl2N5O. The molecular weight excluding hydrogens is 361 g/mol. The fourth-order valence-corrected chi connectivity index (χ4v) is 2.44. The van der Waals surface area contributed by atoms with E-state index in [9.17, 15) is 0 Å². The summed E-state index contributed by atoms with van der Waals surface area (Å²) in [7, 11) is 1.59. The van der Waals surface area contributed by atoms with Gasteiger partial charge in [-0.1, -0.05) is 35.3 Å². The number of hydrogen-bond acceptors (Lipinski definition) is 6. The van der Waals surface area contributed by atoms with Gasteiger partial charge in [0.25, 0.3) is 0 Å². The van der Waals surface area contributed by atoms with Crippen LogP contribution in [0, 0.1) is 0 Å². The minimum atomic E-state index is 0.404. The van der Waals surface area contributed by atoms with E-state index in [1.807, 2.05) is 24.3 Å². The summed E-state index contributed by atoms with van der Waals surface area (Å²) in [6.07, 6.45) is 1.52. The molecule has 2 N–H and O–H groups in total. The Morgan fingerprint density at radius 3 is 2.56 bits per heavy atom. The fraction of sp³-hybridized carbons (Fsp3) is 0.118. The molecule has 0 amide bonds. The molecule has 0 atom stereocenters. The lowest BCUT2D eigenvalue weighted by Crippen LogP contribution is -2.06. The predicted octanol–water partition coefficient (Wildman–Crippen LogP) is 4.54. The quantitative estimate of drug-likeness (QED) is 0.658. The number of rotatable bonds is 6. The van der Waals surface area contributed by atoms with E-state index in [1.165, 1.54) is 6.20 Å². The molecule has 0 aliphatic rings. The normalized spacial score (nSPS) is 10.4. The fourth-order valence-electron chi connectivity index (χ4n) is 2.14. The first kappa shape index (κ1) is 17.3. The Morgan fingerprint density at radius 2 is 1.80 bits per heavy atom. The summed E-state index contributed by atoms with van der Waals surface area (Å²) in [5.41, 5.74) is 1.75. The van der Waals surface area contributed by atoms with Crippen LogP contribution >= 0.6 is 23.2 Å². The van der Waals surface area contributed by atoms with Crippen molar-refractivity contribution in [1.82, 2.24) is 15.2 Å². The second-order valence-corrected chi connectivity index (χ2v) is 5.99. The van der Waals surface area contributed by atoms with Crippen molar-refractivity contribution in [1.29, 1.82) is 0 Å². The zero-order valence-electron chi connectivity index (χ0n) is 13.3. The van der Waals surface area contributed by atoms with Gasteiger partial charge in [0.1, 0.15) is 5.75 Å². The van der Waals surface area contributed by atoms with Gasteiger partial charge in [0, 0.05) is 16.6 Å². The molecule has 0 aliphatic heterocycles. The Labute approximate surface area is 155 Å². The van der Waals surface area contributed by atoms with Gasteiger partial charge in [0.15, 0.2) is 5.82 Å². The van der Waals surface area contributed by atoms with E-state index in [0.717, 1.165) is 5.56 Å². The third-order valence-electron chi connectivity index (χ3n) is 3.35. The highest BCUT2D eigenvalue weighted by atomic mass is 35.5. The summed E-state index contributed by atoms with van der Waals surface area (Å²) >= 11 is 11.9. The summed E-state index contributed by atoms with van der Waals surface area (Å²) in [5, 5.41) is 15.5. The van der Waals surface area contributed by atoms with Crippen molar-refractivity contribution in [3.05, 3.63) is 64.3 Å². The highest BCUT2D eigenvalue weighted by Gasteiger charge is 2.07. The summed E-state index contributed by atoms with van der Waals surface area (Å²) in [4.78, 5) is 4.39. The molecule has 1 heterocycles. The molecule has 25 heavy (non-hydrogen) atoms. The summed E-state index contributed by atoms with van der Waals surface area (Å²) in [5.74, 6) is 1.58. The highest BCUT2D eigenvalue weighted by molar-refractivity contribution is 6.31. The van der Waals surface area contributed by atoms with Crippen LogP contribution in [0.4, 0.5) is 17.5 Å². The van der Waals surface area contributed by atoms with E-state index in [-0.39, 0.29) is 0 Å². The van der Waals surface area contributed by atoms with Crippen molar-refractivity contribution in [2.24, 2.45) is 0 Å². The molecule has 3 rings (SSSR count). The van der Waals surface area contributed by atoms with E-state index in [0.29, 0.717) is 39.8 Å². The molecule has 128 valence electrons. The Hall–Kier alpha value is -2.57. The standard InChI is InChI=1S/C17H15Cl2N5O/c1-25-15-7-6-13(19)8-14(15)22-16-10-21-24-17(23-16)20-9-11-2-4-12(18)5-3-11/h2-8,10H,9H2,1H3,(H2,20,22,23,24). The first-order valence-corrected chi connectivity index (χ1v) is 8.18. The maximum absolute atomic E-state index is 6.03. The van der Waals surface area contributed by atoms with E-state index in [4.69, 9.17) is 27.9 Å². The van der Waals surface area contributed by atoms with Gasteiger partial charge in [-0.2, -0.15) is 10.1 Å². The van der Waals surface area contributed by atoms with Crippen LogP contribution in [0.5, 0.6) is 5.75 Å². The van der Waals surface area contributed by atoms with Gasteiger partial charge in [0.05, 0.1) is 19.0 Å². The van der Waals surface area contributed by atoms with Gasteiger partial charge in [0.2, 0.25) is 5.95 Å². The van der Waals surface area contributed by atoms with E-state index in [1.54, 1.807) is 25.3 Å². The van der Waals surface area contributed by atoms with Crippen molar-refractivity contribution in [3.63, 3.8) is 0 Å². The van der Waals surface area contributed by atoms with E-state index >= 15 is 0 Å². The number of anilines is 3. The average molecular weight is 376 g/mol. The van der Waals surface area contributed by atoms with Crippen molar-refractivity contribution in [2.75, 3.05) is 17.7 Å². The van der Waals surface area contributed by atoms with Crippen LogP contribution in [0.1, 0.15) is 5.56 Å². The molecule has 0 spiro atoms. The third kappa shape index (κ3) is 4.71. The van der Waals surface area contributed by atoms with Gasteiger partial charge in [-0.05, 0) is 35.9 Å². The minimum absolute atomic E-state index is 0.404. The number of nitrogens with one attached hydrogen (secondary N) is 2. The number of nitrogens with zero attached hydrogens (tertiary/aromatic N) is 3. The molecule has 2 aromatic carbocycles. The minimum Gasteiger partial charge on any atom is -0.495 e. The number of methoxy groups -OCH3 is 1. The van der Waals surface area contributed by atoms with Gasteiger partial charge < -0.3 is 15.4 Å². The van der Waals surface area contributed by atoms with Gasteiger partial charge in [-0.25, -0.2) is 0 Å². The molecule has 6 nitrogen and oxygen atoms in total. The van der Waals surface area contributed by atoms with Crippen LogP contribution in [0.3, 0.4) is 0 Å². The van der Waals surface area contributed by atoms with Crippen LogP contribution in [-0.4, -0.2) is 22.3 Å². The molecule has 0 saturated carbocycles. The average Bonchev–Trinajstić information content (AvgIpc) is 2.62. The number of benzene rings is 2. The number of hydrogen-bond donors (Lipinski definition) is 2. The van der Waals surface area contributed by atoms with E-state index < -0.39 is 0 Å². The zero-order valence-corrected chi connectivity index (χ0v) is 14.8. The second kappa shape index (κ2) is 8.00. The summed E-state index contributed by atoms with van der Waals surface area (Å²) in [6, 6.07) is 12.8. The number of aromatic nitrogens is 3. The predicted molar refractivity (Wildman–Crippen MR) is 99.9 cm³/mol. The molecule has 0 radical (unpaired) electrons. The smallest absolute Gasteiger partial charge is 0.244 e. The molecule has 0 unspecified atom stereocenters. The SMILES string of the molecule is COc1ccc(Cl)cc1Nc1cnnc(NCc2ccc(Cl)cc2)n1. The Kier molecular flexibility index (Phi) is 5.53. The van der Waals surface area contributed by atoms with Crippen molar-refractivity contribution >= 4 is 40.7 Å². The monoisotopic (exact) mass is 375 g/mol. The van der Waals surface area contributed by atoms with Crippen LogP contribution in [0.25, 0.3) is 0 Å². The molecule has 3 aromatic rings. The van der Waals surface area contributed by atoms with Crippen molar-refractivity contribution in [3.8, 4) is 5.75 Å². The lowest BCUT2D eigenvalue weighted by atomic mass is 10.2. The zero-order chi connectivity index (χ0) is 17.6.